The number of benzene rings is 2. The van der Waals surface area contributed by atoms with E-state index in [9.17, 15) is 4.39 Å². The Bertz CT molecular complexity index is 726. The normalized spacial score (nSPS) is 9.10. The summed E-state index contributed by atoms with van der Waals surface area (Å²) < 4.78 is 18.4. The maximum absolute atomic E-state index is 12.8. The Morgan fingerprint density at radius 3 is 2.38 bits per heavy atom. The first-order valence-corrected chi connectivity index (χ1v) is 5.89. The second-order valence-electron chi connectivity index (χ2n) is 3.85. The summed E-state index contributed by atoms with van der Waals surface area (Å²) in [4.78, 5) is 0. The summed E-state index contributed by atoms with van der Waals surface area (Å²) in [5.41, 5.74) is 2.77. The summed E-state index contributed by atoms with van der Waals surface area (Å²) >= 11 is 0. The Balaban J connectivity index is 2.21. The van der Waals surface area contributed by atoms with Crippen LogP contribution >= 0.6 is 0 Å². The van der Waals surface area contributed by atoms with Gasteiger partial charge in [0.25, 0.3) is 0 Å². The number of halogens is 1. The second-order valence-corrected chi connectivity index (χ2v) is 3.85. The van der Waals surface area contributed by atoms with Crippen LogP contribution in [0.15, 0.2) is 53.6 Å². The number of hydrogen-bond donors (Lipinski definition) is 1. The highest BCUT2D eigenvalue weighted by molar-refractivity contribution is 6.10. The van der Waals surface area contributed by atoms with Crippen molar-refractivity contribution in [2.75, 3.05) is 5.43 Å². The van der Waals surface area contributed by atoms with Crippen LogP contribution in [-0.4, -0.2) is 5.71 Å². The molecule has 0 saturated carbocycles. The smallest absolute Gasteiger partial charge is 0.237 e. The second kappa shape index (κ2) is 6.69. The van der Waals surface area contributed by atoms with Gasteiger partial charge < -0.3 is 4.74 Å². The summed E-state index contributed by atoms with van der Waals surface area (Å²) in [5, 5.41) is 20.9. The quantitative estimate of drug-likeness (QED) is 0.687. The number of para-hydroxylation sites is 2. The van der Waals surface area contributed by atoms with Crippen LogP contribution in [0.4, 0.5) is 10.1 Å². The minimum absolute atomic E-state index is 0.299. The van der Waals surface area contributed by atoms with E-state index in [1.165, 1.54) is 24.3 Å². The minimum atomic E-state index is -0.356. The molecule has 0 amide bonds. The van der Waals surface area contributed by atoms with Crippen LogP contribution in [0, 0.1) is 28.5 Å². The van der Waals surface area contributed by atoms with Gasteiger partial charge in [-0.2, -0.15) is 15.6 Å². The minimum Gasteiger partial charge on any atom is -0.455 e. The molecule has 0 spiro atoms. The molecule has 1 N–H and O–H groups in total. The average molecular weight is 280 g/mol. The molecule has 102 valence electrons. The highest BCUT2D eigenvalue weighted by Gasteiger charge is 2.04. The topological polar surface area (TPSA) is 81.2 Å². The van der Waals surface area contributed by atoms with Crippen LogP contribution in [-0.2, 0) is 0 Å². The lowest BCUT2D eigenvalue weighted by Gasteiger charge is -2.10. The Labute approximate surface area is 120 Å². The first kappa shape index (κ1) is 14.0. The zero-order valence-corrected chi connectivity index (χ0v) is 10.7. The third-order valence-corrected chi connectivity index (χ3v) is 2.43. The average Bonchev–Trinajstić information content (AvgIpc) is 2.52. The molecule has 0 fully saturated rings. The van der Waals surface area contributed by atoms with Crippen molar-refractivity contribution in [3.63, 3.8) is 0 Å². The Hall–Kier alpha value is -3.38. The van der Waals surface area contributed by atoms with Gasteiger partial charge in [-0.15, -0.1) is 0 Å². The van der Waals surface area contributed by atoms with E-state index in [0.717, 1.165) is 0 Å². The molecule has 0 aliphatic heterocycles. The van der Waals surface area contributed by atoms with Gasteiger partial charge in [0.2, 0.25) is 5.71 Å². The van der Waals surface area contributed by atoms with Crippen LogP contribution in [0.3, 0.4) is 0 Å². The molecule has 0 aliphatic rings. The van der Waals surface area contributed by atoms with Gasteiger partial charge >= 0.3 is 0 Å². The van der Waals surface area contributed by atoms with Crippen LogP contribution in [0.1, 0.15) is 0 Å². The molecule has 2 rings (SSSR count). The number of nitrogens with zero attached hydrogens (tertiary/aromatic N) is 3. The van der Waals surface area contributed by atoms with E-state index < -0.39 is 0 Å². The highest BCUT2D eigenvalue weighted by atomic mass is 19.1. The number of hydrazone groups is 1. The molecule has 0 bridgehead atoms. The van der Waals surface area contributed by atoms with Gasteiger partial charge in [-0.1, -0.05) is 12.1 Å². The maximum Gasteiger partial charge on any atom is 0.237 e. The van der Waals surface area contributed by atoms with Crippen LogP contribution < -0.4 is 10.2 Å². The van der Waals surface area contributed by atoms with E-state index in [4.69, 9.17) is 15.3 Å². The van der Waals surface area contributed by atoms with Crippen LogP contribution in [0.25, 0.3) is 0 Å². The summed E-state index contributed by atoms with van der Waals surface area (Å²) in [6, 6.07) is 15.7. The monoisotopic (exact) mass is 280 g/mol. The van der Waals surface area contributed by atoms with Gasteiger partial charge in [-0.05, 0) is 36.4 Å². The predicted octanol–water partition coefficient (Wildman–Crippen LogP) is 3.43. The van der Waals surface area contributed by atoms with Crippen molar-refractivity contribution in [2.24, 2.45) is 5.10 Å². The highest BCUT2D eigenvalue weighted by Crippen LogP contribution is 2.29. The molecule has 21 heavy (non-hydrogen) atoms. The molecule has 5 nitrogen and oxygen atoms in total. The maximum atomic E-state index is 12.8. The zero-order chi connectivity index (χ0) is 15.1. The molecular formula is C15H9FN4O. The lowest BCUT2D eigenvalue weighted by Crippen LogP contribution is -1.98. The Kier molecular flexibility index (Phi) is 4.47. The molecule has 0 aliphatic carbocycles. The standard InChI is InChI=1S/C15H9FN4O/c16-11-5-7-13(8-6-11)21-15-4-2-1-3-14(15)20-19-12(9-17)10-18/h1-8,20H. The van der Waals surface area contributed by atoms with Gasteiger partial charge in [0.05, 0.1) is 5.69 Å². The molecule has 0 atom stereocenters. The van der Waals surface area contributed by atoms with Gasteiger partial charge in [0.1, 0.15) is 23.7 Å². The largest absolute Gasteiger partial charge is 0.455 e. The molecule has 2 aromatic rings. The third-order valence-electron chi connectivity index (χ3n) is 2.43. The van der Waals surface area contributed by atoms with Crippen LogP contribution in [0.5, 0.6) is 11.5 Å². The van der Waals surface area contributed by atoms with E-state index >= 15 is 0 Å². The van der Waals surface area contributed by atoms with Crippen LogP contribution in [0.2, 0.25) is 0 Å². The molecule has 0 heterocycles. The van der Waals surface area contributed by atoms with E-state index in [0.29, 0.717) is 17.2 Å². The predicted molar refractivity (Wildman–Crippen MR) is 75.2 cm³/mol. The number of nitriles is 2. The fourth-order valence-corrected chi connectivity index (χ4v) is 1.47. The van der Waals surface area contributed by atoms with Crippen molar-refractivity contribution < 1.29 is 9.13 Å². The molecular weight excluding hydrogens is 271 g/mol. The van der Waals surface area contributed by atoms with E-state index in [1.807, 2.05) is 0 Å². The molecule has 0 aromatic heterocycles. The lowest BCUT2D eigenvalue weighted by atomic mass is 10.3. The number of nitrogens with one attached hydrogen (secondary N) is 1. The van der Waals surface area contributed by atoms with E-state index in [-0.39, 0.29) is 11.5 Å². The zero-order valence-electron chi connectivity index (χ0n) is 10.7. The number of ether oxygens (including phenoxy) is 1. The Morgan fingerprint density at radius 1 is 1.05 bits per heavy atom. The first-order chi connectivity index (χ1) is 10.2. The summed E-state index contributed by atoms with van der Waals surface area (Å²) in [6.07, 6.45) is 0. The third kappa shape index (κ3) is 3.79. The van der Waals surface area contributed by atoms with Gasteiger partial charge in [-0.25, -0.2) is 4.39 Å². The Morgan fingerprint density at radius 2 is 1.71 bits per heavy atom. The SMILES string of the molecule is N#CC(C#N)=NNc1ccccc1Oc1ccc(F)cc1. The van der Waals surface area contributed by atoms with Crippen molar-refractivity contribution >= 4 is 11.4 Å². The van der Waals surface area contributed by atoms with Gasteiger partial charge in [0, 0.05) is 0 Å². The van der Waals surface area contributed by atoms with Crippen molar-refractivity contribution in [1.82, 2.24) is 0 Å². The number of anilines is 1. The summed E-state index contributed by atoms with van der Waals surface area (Å²) in [5.74, 6) is 0.532. The van der Waals surface area contributed by atoms with Crippen molar-refractivity contribution in [2.45, 2.75) is 0 Å². The number of hydrogen-bond acceptors (Lipinski definition) is 5. The van der Waals surface area contributed by atoms with Gasteiger partial charge in [-0.3, -0.25) is 5.43 Å². The molecule has 6 heteroatoms. The summed E-state index contributed by atoms with van der Waals surface area (Å²) in [6.45, 7) is 0. The fraction of sp³-hybridized carbons (Fsp3) is 0. The lowest BCUT2D eigenvalue weighted by molar-refractivity contribution is 0.482. The van der Waals surface area contributed by atoms with Crippen molar-refractivity contribution in [3.05, 3.63) is 54.3 Å². The fourth-order valence-electron chi connectivity index (χ4n) is 1.47. The van der Waals surface area contributed by atoms with Crippen molar-refractivity contribution in [3.8, 4) is 23.6 Å². The van der Waals surface area contributed by atoms with Crippen molar-refractivity contribution in [1.29, 1.82) is 10.5 Å². The first-order valence-electron chi connectivity index (χ1n) is 5.89. The van der Waals surface area contributed by atoms with E-state index in [2.05, 4.69) is 10.5 Å². The molecule has 0 unspecified atom stereocenters. The van der Waals surface area contributed by atoms with Gasteiger partial charge in [0.15, 0.2) is 5.75 Å². The number of rotatable bonds is 4. The molecule has 0 saturated heterocycles. The van der Waals surface area contributed by atoms with E-state index in [1.54, 1.807) is 36.4 Å². The molecule has 2 aromatic carbocycles. The molecule has 0 radical (unpaired) electrons. The summed E-state index contributed by atoms with van der Waals surface area (Å²) in [7, 11) is 0.